The zero-order valence-corrected chi connectivity index (χ0v) is 18.7. The van der Waals surface area contributed by atoms with Gasteiger partial charge in [-0.05, 0) is 17.2 Å². The van der Waals surface area contributed by atoms with Crippen molar-refractivity contribution in [2.45, 2.75) is 19.8 Å². The first-order valence-corrected chi connectivity index (χ1v) is 10.9. The third-order valence-corrected chi connectivity index (χ3v) is 5.38. The van der Waals surface area contributed by atoms with Crippen molar-refractivity contribution in [1.82, 2.24) is 19.5 Å². The third kappa shape index (κ3) is 4.62. The maximum absolute atomic E-state index is 12.7. The molecule has 2 aromatic heterocycles. The fourth-order valence-corrected chi connectivity index (χ4v) is 3.68. The van der Waals surface area contributed by atoms with Crippen LogP contribution in [0.15, 0.2) is 96.7 Å². The first kappa shape index (κ1) is 21.7. The molecule has 0 aliphatic carbocycles. The lowest BCUT2D eigenvalue weighted by atomic mass is 10.2. The van der Waals surface area contributed by atoms with Gasteiger partial charge in [-0.25, -0.2) is 19.7 Å². The Labute approximate surface area is 200 Å². The van der Waals surface area contributed by atoms with Gasteiger partial charge in [-0.3, -0.25) is 0 Å². The van der Waals surface area contributed by atoms with Crippen LogP contribution in [0.2, 0.25) is 5.15 Å². The summed E-state index contributed by atoms with van der Waals surface area (Å²) in [7, 11) is 0. The molecule has 0 amide bonds. The molecule has 1 aliphatic heterocycles. The molecule has 1 aliphatic rings. The number of halogens is 1. The minimum atomic E-state index is -0.609. The summed E-state index contributed by atoms with van der Waals surface area (Å²) in [5, 5.41) is 0.285. The van der Waals surface area contributed by atoms with Crippen LogP contribution in [0.3, 0.4) is 0 Å². The summed E-state index contributed by atoms with van der Waals surface area (Å²) in [6, 6.07) is 19.2. The monoisotopic (exact) mass is 474 g/mol. The zero-order chi connectivity index (χ0) is 23.3. The van der Waals surface area contributed by atoms with E-state index in [-0.39, 0.29) is 35.6 Å². The van der Waals surface area contributed by atoms with Gasteiger partial charge in [-0.15, -0.1) is 0 Å². The first-order valence-electron chi connectivity index (χ1n) is 10.5. The van der Waals surface area contributed by atoms with Crippen LogP contribution >= 0.6 is 11.6 Å². The molecule has 0 atom stereocenters. The van der Waals surface area contributed by atoms with Crippen molar-refractivity contribution in [3.8, 4) is 0 Å². The van der Waals surface area contributed by atoms with Crippen LogP contribution in [0, 0.1) is 0 Å². The van der Waals surface area contributed by atoms with E-state index in [0.717, 1.165) is 11.1 Å². The summed E-state index contributed by atoms with van der Waals surface area (Å²) < 4.78 is 19.1. The van der Waals surface area contributed by atoms with Crippen LogP contribution in [-0.2, 0) is 38.8 Å². The second kappa shape index (κ2) is 9.76. The van der Waals surface area contributed by atoms with Gasteiger partial charge in [0.1, 0.15) is 25.1 Å². The van der Waals surface area contributed by atoms with Crippen molar-refractivity contribution in [3.63, 3.8) is 0 Å². The standard InChI is InChI=1S/C25H19ClN4O4/c26-23-20-24(28-15-27-23)29-16-30(20)12-11-19-21(32-13-17-7-3-1-4-8-17)22(25(31)34-19)33-14-18-9-5-2-6-10-18/h1-11,15-16H,12-14H2/b19-11+. The minimum absolute atomic E-state index is 0.0305. The molecule has 0 bridgehead atoms. The van der Waals surface area contributed by atoms with Gasteiger partial charge in [0, 0.05) is 6.54 Å². The fourth-order valence-electron chi connectivity index (χ4n) is 3.44. The number of fused-ring (bicyclic) bond motifs is 1. The quantitative estimate of drug-likeness (QED) is 0.273. The minimum Gasteiger partial charge on any atom is -0.481 e. The molecule has 5 rings (SSSR count). The fraction of sp³-hybridized carbons (Fsp3) is 0.120. The van der Waals surface area contributed by atoms with E-state index in [4.69, 9.17) is 25.8 Å². The lowest BCUT2D eigenvalue weighted by Gasteiger charge is -2.10. The van der Waals surface area contributed by atoms with Gasteiger partial charge in [0.15, 0.2) is 16.6 Å². The number of carbonyl (C=O) groups excluding carboxylic acids is 1. The van der Waals surface area contributed by atoms with E-state index in [2.05, 4.69) is 15.0 Å². The summed E-state index contributed by atoms with van der Waals surface area (Å²) in [5.41, 5.74) is 2.93. The van der Waals surface area contributed by atoms with Crippen molar-refractivity contribution in [2.24, 2.45) is 0 Å². The number of benzene rings is 2. The number of aromatic nitrogens is 4. The first-order chi connectivity index (χ1) is 16.7. The van der Waals surface area contributed by atoms with Crippen molar-refractivity contribution in [1.29, 1.82) is 0 Å². The second-order valence-corrected chi connectivity index (χ2v) is 7.76. The number of cyclic esters (lactones) is 1. The number of nitrogens with zero attached hydrogens (tertiary/aromatic N) is 4. The van der Waals surface area contributed by atoms with Crippen LogP contribution in [0.5, 0.6) is 0 Å². The Morgan fingerprint density at radius 3 is 2.21 bits per heavy atom. The highest BCUT2D eigenvalue weighted by molar-refractivity contribution is 6.33. The number of hydrogen-bond acceptors (Lipinski definition) is 7. The van der Waals surface area contributed by atoms with Gasteiger partial charge in [0.2, 0.25) is 5.76 Å². The van der Waals surface area contributed by atoms with Gasteiger partial charge in [0.05, 0.1) is 6.33 Å². The smallest absolute Gasteiger partial charge is 0.383 e. The molecule has 2 aromatic carbocycles. The van der Waals surface area contributed by atoms with Crippen LogP contribution in [-0.4, -0.2) is 25.5 Å². The number of imidazole rings is 1. The molecule has 0 saturated heterocycles. The van der Waals surface area contributed by atoms with Crippen LogP contribution in [0.4, 0.5) is 0 Å². The number of allylic oxidation sites excluding steroid dienone is 1. The van der Waals surface area contributed by atoms with Crippen LogP contribution in [0.1, 0.15) is 11.1 Å². The average molecular weight is 475 g/mol. The predicted molar refractivity (Wildman–Crippen MR) is 124 cm³/mol. The molecule has 0 unspecified atom stereocenters. The summed E-state index contributed by atoms with van der Waals surface area (Å²) in [6.07, 6.45) is 4.66. The number of carbonyl (C=O) groups is 1. The van der Waals surface area contributed by atoms with E-state index in [1.54, 1.807) is 17.0 Å². The predicted octanol–water partition coefficient (Wildman–Crippen LogP) is 4.57. The third-order valence-electron chi connectivity index (χ3n) is 5.11. The van der Waals surface area contributed by atoms with Gasteiger partial charge >= 0.3 is 5.97 Å². The number of esters is 1. The van der Waals surface area contributed by atoms with Crippen molar-refractivity contribution in [3.05, 3.63) is 113 Å². The molecule has 0 radical (unpaired) electrons. The highest BCUT2D eigenvalue weighted by Crippen LogP contribution is 2.30. The Balaban J connectivity index is 1.43. The highest BCUT2D eigenvalue weighted by atomic mass is 35.5. The number of rotatable bonds is 8. The summed E-state index contributed by atoms with van der Waals surface area (Å²) in [5.74, 6) is -0.0691. The Kier molecular flexibility index (Phi) is 6.22. The van der Waals surface area contributed by atoms with E-state index >= 15 is 0 Å². The summed E-state index contributed by atoms with van der Waals surface area (Å²) >= 11 is 6.22. The molecule has 8 nitrogen and oxygen atoms in total. The maximum Gasteiger partial charge on any atom is 0.383 e. The largest absolute Gasteiger partial charge is 0.481 e. The van der Waals surface area contributed by atoms with Crippen molar-refractivity contribution < 1.29 is 19.0 Å². The maximum atomic E-state index is 12.7. The molecule has 4 aromatic rings. The van der Waals surface area contributed by atoms with E-state index in [0.29, 0.717) is 17.7 Å². The molecule has 0 saturated carbocycles. The normalized spacial score (nSPS) is 14.6. The van der Waals surface area contributed by atoms with E-state index in [1.165, 1.54) is 6.33 Å². The van der Waals surface area contributed by atoms with E-state index in [1.807, 2.05) is 60.7 Å². The molecule has 0 N–H and O–H groups in total. The molecule has 3 heterocycles. The average Bonchev–Trinajstić information content (AvgIpc) is 3.42. The summed E-state index contributed by atoms with van der Waals surface area (Å²) in [6.45, 7) is 0.752. The topological polar surface area (TPSA) is 88.4 Å². The number of hydrogen-bond donors (Lipinski definition) is 0. The molecule has 0 spiro atoms. The lowest BCUT2D eigenvalue weighted by molar-refractivity contribution is -0.136. The Bertz CT molecular complexity index is 1380. The zero-order valence-electron chi connectivity index (χ0n) is 17.9. The SMILES string of the molecule is O=C1O/C(=C/Cn2cnc3ncnc(Cl)c32)C(OCc2ccccc2)=C1OCc1ccccc1. The van der Waals surface area contributed by atoms with Gasteiger partial charge < -0.3 is 18.8 Å². The molecular weight excluding hydrogens is 456 g/mol. The Morgan fingerprint density at radius 2 is 1.53 bits per heavy atom. The molecule has 9 heteroatoms. The number of ether oxygens (including phenoxy) is 3. The van der Waals surface area contributed by atoms with Crippen molar-refractivity contribution in [2.75, 3.05) is 0 Å². The summed E-state index contributed by atoms with van der Waals surface area (Å²) in [4.78, 5) is 25.0. The van der Waals surface area contributed by atoms with Crippen molar-refractivity contribution >= 4 is 28.7 Å². The molecule has 34 heavy (non-hydrogen) atoms. The molecule has 170 valence electrons. The van der Waals surface area contributed by atoms with Crippen LogP contribution in [0.25, 0.3) is 11.2 Å². The van der Waals surface area contributed by atoms with Gasteiger partial charge in [0.25, 0.3) is 5.76 Å². The Hall–Kier alpha value is -4.17. The molecular formula is C25H19ClN4O4. The van der Waals surface area contributed by atoms with E-state index in [9.17, 15) is 4.79 Å². The van der Waals surface area contributed by atoms with Crippen LogP contribution < -0.4 is 0 Å². The lowest BCUT2D eigenvalue weighted by Crippen LogP contribution is -2.04. The highest BCUT2D eigenvalue weighted by Gasteiger charge is 2.34. The molecule has 0 fully saturated rings. The Morgan fingerprint density at radius 1 is 0.882 bits per heavy atom. The van der Waals surface area contributed by atoms with Gasteiger partial charge in [-0.2, -0.15) is 0 Å². The second-order valence-electron chi connectivity index (χ2n) is 7.40. The van der Waals surface area contributed by atoms with E-state index < -0.39 is 5.97 Å². The van der Waals surface area contributed by atoms with Gasteiger partial charge in [-0.1, -0.05) is 72.3 Å².